The Balaban J connectivity index is 1.67. The molecule has 2 N–H and O–H groups in total. The Morgan fingerprint density at radius 2 is 2.06 bits per heavy atom. The van der Waals surface area contributed by atoms with Gasteiger partial charge in [0.15, 0.2) is 0 Å². The van der Waals surface area contributed by atoms with Crippen molar-refractivity contribution in [2.75, 3.05) is 0 Å². The first-order chi connectivity index (χ1) is 8.31. The average molecular weight is 246 g/mol. The Bertz CT molecular complexity index is 415. The Labute approximate surface area is 107 Å². The molecule has 0 bridgehead atoms. The summed E-state index contributed by atoms with van der Waals surface area (Å²) in [4.78, 5) is 4.86. The van der Waals surface area contributed by atoms with E-state index in [9.17, 15) is 0 Å². The van der Waals surface area contributed by atoms with Crippen molar-refractivity contribution in [2.45, 2.75) is 43.0 Å². The van der Waals surface area contributed by atoms with Gasteiger partial charge in [-0.05, 0) is 24.8 Å². The highest BCUT2D eigenvalue weighted by atomic mass is 32.2. The number of hydrogen-bond donors (Lipinski definition) is 1. The molecule has 1 aromatic rings. The van der Waals surface area contributed by atoms with Crippen LogP contribution in [0.2, 0.25) is 0 Å². The molecular weight excluding hydrogens is 228 g/mol. The molecule has 1 fully saturated rings. The molecular formula is C14H18N2S. The number of fused-ring (bicyclic) bond motifs is 1. The van der Waals surface area contributed by atoms with Gasteiger partial charge in [-0.2, -0.15) is 0 Å². The molecule has 2 nitrogen and oxygen atoms in total. The van der Waals surface area contributed by atoms with E-state index in [0.29, 0.717) is 17.3 Å². The van der Waals surface area contributed by atoms with Crippen molar-refractivity contribution in [3.8, 4) is 0 Å². The number of nitrogens with zero attached hydrogens (tertiary/aromatic N) is 1. The SMILES string of the molecule is NC1CCC2N=C(Cc3ccccc3)SC2C1. The number of aliphatic imine (C=N–C) groups is 1. The number of thioether (sulfide) groups is 1. The third-order valence-corrected chi connectivity index (χ3v) is 4.92. The zero-order valence-corrected chi connectivity index (χ0v) is 10.7. The maximum Gasteiger partial charge on any atom is 0.0727 e. The van der Waals surface area contributed by atoms with E-state index in [1.165, 1.54) is 17.0 Å². The molecule has 1 saturated carbocycles. The third kappa shape index (κ3) is 2.55. The van der Waals surface area contributed by atoms with Gasteiger partial charge in [0.05, 0.1) is 11.1 Å². The molecule has 1 aliphatic heterocycles. The normalized spacial score (nSPS) is 32.1. The number of hydrogen-bond acceptors (Lipinski definition) is 3. The molecule has 0 spiro atoms. The van der Waals surface area contributed by atoms with Crippen LogP contribution in [0.1, 0.15) is 24.8 Å². The van der Waals surface area contributed by atoms with Crippen molar-refractivity contribution < 1.29 is 0 Å². The first-order valence-corrected chi connectivity index (χ1v) is 7.22. The van der Waals surface area contributed by atoms with Crippen molar-refractivity contribution in [3.63, 3.8) is 0 Å². The van der Waals surface area contributed by atoms with Crippen LogP contribution in [0.4, 0.5) is 0 Å². The van der Waals surface area contributed by atoms with Crippen LogP contribution in [0.15, 0.2) is 35.3 Å². The predicted molar refractivity (Wildman–Crippen MR) is 74.6 cm³/mol. The van der Waals surface area contributed by atoms with Crippen LogP contribution in [0.25, 0.3) is 0 Å². The van der Waals surface area contributed by atoms with E-state index in [-0.39, 0.29) is 0 Å². The number of rotatable bonds is 2. The van der Waals surface area contributed by atoms with Gasteiger partial charge in [-0.15, -0.1) is 11.8 Å². The van der Waals surface area contributed by atoms with Gasteiger partial charge < -0.3 is 5.73 Å². The minimum Gasteiger partial charge on any atom is -0.328 e. The zero-order valence-electron chi connectivity index (χ0n) is 9.88. The Hall–Kier alpha value is -0.800. The van der Waals surface area contributed by atoms with E-state index in [2.05, 4.69) is 30.3 Å². The van der Waals surface area contributed by atoms with Crippen molar-refractivity contribution in [1.82, 2.24) is 0 Å². The van der Waals surface area contributed by atoms with Crippen molar-refractivity contribution >= 4 is 16.8 Å². The Kier molecular flexibility index (Phi) is 3.21. The predicted octanol–water partition coefficient (Wildman–Crippen LogP) is 2.62. The van der Waals surface area contributed by atoms with Gasteiger partial charge in [-0.1, -0.05) is 30.3 Å². The molecule has 0 radical (unpaired) electrons. The molecule has 90 valence electrons. The van der Waals surface area contributed by atoms with Crippen molar-refractivity contribution in [2.24, 2.45) is 10.7 Å². The lowest BCUT2D eigenvalue weighted by Gasteiger charge is -2.27. The van der Waals surface area contributed by atoms with Crippen LogP contribution in [0.5, 0.6) is 0 Å². The van der Waals surface area contributed by atoms with Crippen molar-refractivity contribution in [3.05, 3.63) is 35.9 Å². The fraction of sp³-hybridized carbons (Fsp3) is 0.500. The Morgan fingerprint density at radius 1 is 1.24 bits per heavy atom. The molecule has 0 aromatic heterocycles. The highest BCUT2D eigenvalue weighted by molar-refractivity contribution is 8.14. The minimum atomic E-state index is 0.398. The second kappa shape index (κ2) is 4.83. The molecule has 3 atom stereocenters. The van der Waals surface area contributed by atoms with Gasteiger partial charge in [0.2, 0.25) is 0 Å². The summed E-state index contributed by atoms with van der Waals surface area (Å²) < 4.78 is 0. The summed E-state index contributed by atoms with van der Waals surface area (Å²) >= 11 is 1.96. The van der Waals surface area contributed by atoms with E-state index in [1.54, 1.807) is 0 Å². The monoisotopic (exact) mass is 246 g/mol. The molecule has 3 rings (SSSR count). The molecule has 0 saturated heterocycles. The number of benzene rings is 1. The van der Waals surface area contributed by atoms with Crippen LogP contribution >= 0.6 is 11.8 Å². The maximum absolute atomic E-state index is 6.02. The molecule has 1 aromatic carbocycles. The van der Waals surface area contributed by atoms with Crippen molar-refractivity contribution in [1.29, 1.82) is 0 Å². The largest absolute Gasteiger partial charge is 0.328 e. The lowest BCUT2D eigenvalue weighted by molar-refractivity contribution is 0.411. The topological polar surface area (TPSA) is 38.4 Å². The first kappa shape index (κ1) is 11.3. The standard InChI is InChI=1S/C14H18N2S/c15-11-6-7-12-13(9-11)17-14(16-12)8-10-4-2-1-3-5-10/h1-5,11-13H,6-9,15H2. The van der Waals surface area contributed by atoms with E-state index in [1.807, 2.05) is 11.8 Å². The van der Waals surface area contributed by atoms with E-state index in [4.69, 9.17) is 10.7 Å². The van der Waals surface area contributed by atoms with Gasteiger partial charge in [-0.3, -0.25) is 4.99 Å². The van der Waals surface area contributed by atoms with Crippen LogP contribution < -0.4 is 5.73 Å². The van der Waals surface area contributed by atoms with Crippen LogP contribution in [-0.4, -0.2) is 22.4 Å². The lowest BCUT2D eigenvalue weighted by Crippen LogP contribution is -2.35. The fourth-order valence-electron chi connectivity index (χ4n) is 2.67. The summed E-state index contributed by atoms with van der Waals surface area (Å²) in [7, 11) is 0. The second-order valence-corrected chi connectivity index (χ2v) is 6.29. The average Bonchev–Trinajstić information content (AvgIpc) is 2.71. The first-order valence-electron chi connectivity index (χ1n) is 6.34. The number of nitrogens with two attached hydrogens (primary N) is 1. The quantitative estimate of drug-likeness (QED) is 0.871. The minimum absolute atomic E-state index is 0.398. The smallest absolute Gasteiger partial charge is 0.0727 e. The second-order valence-electron chi connectivity index (χ2n) is 4.98. The summed E-state index contributed by atoms with van der Waals surface area (Å²) in [6.45, 7) is 0. The van der Waals surface area contributed by atoms with Crippen LogP contribution in [-0.2, 0) is 6.42 Å². The highest BCUT2D eigenvalue weighted by Crippen LogP contribution is 2.37. The third-order valence-electron chi connectivity index (χ3n) is 3.59. The fourth-order valence-corrected chi connectivity index (χ4v) is 4.16. The zero-order chi connectivity index (χ0) is 11.7. The molecule has 0 amide bonds. The molecule has 2 aliphatic rings. The highest BCUT2D eigenvalue weighted by Gasteiger charge is 2.34. The van der Waals surface area contributed by atoms with E-state index < -0.39 is 0 Å². The van der Waals surface area contributed by atoms with E-state index in [0.717, 1.165) is 19.3 Å². The maximum atomic E-state index is 6.02. The lowest BCUT2D eigenvalue weighted by atomic mass is 9.92. The summed E-state index contributed by atoms with van der Waals surface area (Å²) in [5, 5.41) is 1.96. The van der Waals surface area contributed by atoms with Gasteiger partial charge in [0.25, 0.3) is 0 Å². The molecule has 3 heteroatoms. The molecule has 1 heterocycles. The van der Waals surface area contributed by atoms with Gasteiger partial charge in [0.1, 0.15) is 0 Å². The summed E-state index contributed by atoms with van der Waals surface area (Å²) in [5.41, 5.74) is 7.39. The molecule has 1 aliphatic carbocycles. The van der Waals surface area contributed by atoms with Gasteiger partial charge in [-0.25, -0.2) is 0 Å². The van der Waals surface area contributed by atoms with Crippen LogP contribution in [0, 0.1) is 0 Å². The van der Waals surface area contributed by atoms with Gasteiger partial charge in [0, 0.05) is 17.7 Å². The molecule has 3 unspecified atom stereocenters. The molecule has 17 heavy (non-hydrogen) atoms. The van der Waals surface area contributed by atoms with Crippen LogP contribution in [0.3, 0.4) is 0 Å². The summed E-state index contributed by atoms with van der Waals surface area (Å²) in [5.74, 6) is 0. The summed E-state index contributed by atoms with van der Waals surface area (Å²) in [6.07, 6.45) is 4.45. The Morgan fingerprint density at radius 3 is 2.88 bits per heavy atom. The summed E-state index contributed by atoms with van der Waals surface area (Å²) in [6, 6.07) is 11.5. The van der Waals surface area contributed by atoms with Gasteiger partial charge >= 0.3 is 0 Å². The van der Waals surface area contributed by atoms with E-state index >= 15 is 0 Å².